The average Bonchev–Trinajstić information content (AvgIpc) is 2.01. The van der Waals surface area contributed by atoms with Gasteiger partial charge in [0.2, 0.25) is 0 Å². The van der Waals surface area contributed by atoms with E-state index in [9.17, 15) is 9.59 Å². The number of aldehydes is 1. The molecule has 0 aliphatic heterocycles. The maximum atomic E-state index is 11.1. The summed E-state index contributed by atoms with van der Waals surface area (Å²) < 4.78 is 0.842. The molecule has 68 valence electrons. The number of ketones is 1. The zero-order valence-corrected chi connectivity index (χ0v) is 9.72. The van der Waals surface area contributed by atoms with E-state index in [-0.39, 0.29) is 5.78 Å². The predicted molar refractivity (Wildman–Crippen MR) is 59.6 cm³/mol. The third kappa shape index (κ3) is 2.28. The topological polar surface area (TPSA) is 34.1 Å². The van der Waals surface area contributed by atoms with Crippen LogP contribution in [0.2, 0.25) is 5.02 Å². The lowest BCUT2D eigenvalue weighted by Gasteiger charge is -2.03. The maximum absolute atomic E-state index is 11.1. The fourth-order valence-corrected chi connectivity index (χ4v) is 2.25. The first-order chi connectivity index (χ1) is 6.06. The minimum Gasteiger partial charge on any atom is -0.298 e. The highest BCUT2D eigenvalue weighted by Crippen LogP contribution is 2.23. The van der Waals surface area contributed by atoms with E-state index in [0.29, 0.717) is 22.4 Å². The normalized spacial score (nSPS) is 9.77. The Kier molecular flexibility index (Phi) is 3.44. The molecule has 0 aliphatic carbocycles. The molecule has 0 fully saturated rings. The van der Waals surface area contributed by atoms with E-state index in [2.05, 4.69) is 0 Å². The molecule has 4 heteroatoms. The van der Waals surface area contributed by atoms with Crippen LogP contribution in [-0.2, 0) is 0 Å². The summed E-state index contributed by atoms with van der Waals surface area (Å²) in [7, 11) is 0. The minimum atomic E-state index is -0.191. The molecule has 0 N–H and O–H groups in total. The van der Waals surface area contributed by atoms with Crippen molar-refractivity contribution in [1.82, 2.24) is 0 Å². The quantitative estimate of drug-likeness (QED) is 0.478. The Morgan fingerprint density at radius 3 is 2.62 bits per heavy atom. The van der Waals surface area contributed by atoms with Crippen LogP contribution in [0.4, 0.5) is 0 Å². The molecule has 0 aromatic heterocycles. The number of Topliss-reactive ketones (excluding diaryl/α,β-unsaturated/α-hetero) is 1. The van der Waals surface area contributed by atoms with E-state index in [1.54, 1.807) is 12.1 Å². The van der Waals surface area contributed by atoms with Crippen molar-refractivity contribution in [2.45, 2.75) is 6.92 Å². The molecule has 1 aromatic rings. The Morgan fingerprint density at radius 1 is 1.54 bits per heavy atom. The van der Waals surface area contributed by atoms with Crippen molar-refractivity contribution in [2.24, 2.45) is 0 Å². The van der Waals surface area contributed by atoms with Gasteiger partial charge in [0.05, 0.1) is 5.02 Å². The van der Waals surface area contributed by atoms with Crippen LogP contribution in [0.5, 0.6) is 0 Å². The molecule has 2 nitrogen and oxygen atoms in total. The smallest absolute Gasteiger partial charge is 0.162 e. The van der Waals surface area contributed by atoms with Gasteiger partial charge in [-0.1, -0.05) is 11.6 Å². The van der Waals surface area contributed by atoms with Crippen molar-refractivity contribution < 1.29 is 9.59 Å². The van der Waals surface area contributed by atoms with E-state index in [0.717, 1.165) is 3.57 Å². The van der Waals surface area contributed by atoms with Gasteiger partial charge in [0.25, 0.3) is 0 Å². The van der Waals surface area contributed by atoms with E-state index in [1.807, 2.05) is 22.6 Å². The molecule has 0 amide bonds. The molecule has 0 heterocycles. The van der Waals surface area contributed by atoms with Gasteiger partial charge in [-0.2, -0.15) is 0 Å². The van der Waals surface area contributed by atoms with Crippen molar-refractivity contribution in [1.29, 1.82) is 0 Å². The van der Waals surface area contributed by atoms with Crippen LogP contribution in [-0.4, -0.2) is 12.1 Å². The van der Waals surface area contributed by atoms with Gasteiger partial charge in [-0.05, 0) is 41.6 Å². The van der Waals surface area contributed by atoms with Crippen molar-refractivity contribution in [2.75, 3.05) is 0 Å². The summed E-state index contributed by atoms with van der Waals surface area (Å²) in [5.74, 6) is -0.191. The predicted octanol–water partition coefficient (Wildman–Crippen LogP) is 2.96. The molecule has 0 radical (unpaired) electrons. The fraction of sp³-hybridized carbons (Fsp3) is 0.111. The van der Waals surface area contributed by atoms with E-state index in [4.69, 9.17) is 11.6 Å². The largest absolute Gasteiger partial charge is 0.298 e. The van der Waals surface area contributed by atoms with Crippen molar-refractivity contribution in [3.63, 3.8) is 0 Å². The van der Waals surface area contributed by atoms with Crippen LogP contribution in [0, 0.1) is 3.57 Å². The van der Waals surface area contributed by atoms with Gasteiger partial charge in [0.1, 0.15) is 0 Å². The third-order valence-corrected chi connectivity index (χ3v) is 2.49. The number of rotatable bonds is 2. The molecule has 13 heavy (non-hydrogen) atoms. The average molecular weight is 309 g/mol. The number of halogens is 2. The van der Waals surface area contributed by atoms with Crippen LogP contribution in [0.15, 0.2) is 12.1 Å². The van der Waals surface area contributed by atoms with Crippen LogP contribution >= 0.6 is 34.2 Å². The third-order valence-electron chi connectivity index (χ3n) is 1.56. The highest BCUT2D eigenvalue weighted by Gasteiger charge is 2.12. The van der Waals surface area contributed by atoms with Crippen molar-refractivity contribution in [3.8, 4) is 0 Å². The zero-order valence-electron chi connectivity index (χ0n) is 6.80. The number of hydrogen-bond donors (Lipinski definition) is 0. The molecule has 0 aliphatic rings. The highest BCUT2D eigenvalue weighted by atomic mass is 127. The Morgan fingerprint density at radius 2 is 2.15 bits per heavy atom. The first-order valence-corrected chi connectivity index (χ1v) is 4.97. The van der Waals surface area contributed by atoms with Gasteiger partial charge < -0.3 is 0 Å². The minimum absolute atomic E-state index is 0.191. The van der Waals surface area contributed by atoms with Gasteiger partial charge in [0.15, 0.2) is 12.1 Å². The van der Waals surface area contributed by atoms with Crippen molar-refractivity contribution in [3.05, 3.63) is 31.9 Å². The second-order valence-electron chi connectivity index (χ2n) is 2.53. The standard InChI is InChI=1S/C9H6ClIO2/c1-5(13)9-6(4-12)2-7(11)3-8(9)10/h2-4H,1H3. The highest BCUT2D eigenvalue weighted by molar-refractivity contribution is 14.1. The maximum Gasteiger partial charge on any atom is 0.162 e. The van der Waals surface area contributed by atoms with E-state index >= 15 is 0 Å². The molecule has 0 saturated heterocycles. The lowest BCUT2D eigenvalue weighted by atomic mass is 10.1. The Labute approximate surface area is 94.4 Å². The Bertz CT molecular complexity index is 374. The summed E-state index contributed by atoms with van der Waals surface area (Å²) in [6.45, 7) is 1.39. The van der Waals surface area contributed by atoms with Gasteiger partial charge in [-0.15, -0.1) is 0 Å². The first-order valence-electron chi connectivity index (χ1n) is 3.51. The molecular weight excluding hydrogens is 302 g/mol. The monoisotopic (exact) mass is 308 g/mol. The SMILES string of the molecule is CC(=O)c1c(Cl)cc(I)cc1C=O. The molecule has 0 spiro atoms. The summed E-state index contributed by atoms with van der Waals surface area (Å²) in [6.07, 6.45) is 0.644. The molecule has 0 saturated carbocycles. The summed E-state index contributed by atoms with van der Waals surface area (Å²) in [6, 6.07) is 3.29. The zero-order chi connectivity index (χ0) is 10.0. The first kappa shape index (κ1) is 10.7. The number of carbonyl (C=O) groups excluding carboxylic acids is 2. The van der Waals surface area contributed by atoms with Crippen LogP contribution < -0.4 is 0 Å². The Balaban J connectivity index is 3.47. The van der Waals surface area contributed by atoms with Gasteiger partial charge in [-0.3, -0.25) is 9.59 Å². The molecule has 1 aromatic carbocycles. The molecule has 1 rings (SSSR count). The fourth-order valence-electron chi connectivity index (χ4n) is 1.06. The number of hydrogen-bond acceptors (Lipinski definition) is 2. The number of carbonyl (C=O) groups is 2. The lowest BCUT2D eigenvalue weighted by molar-refractivity contribution is 0.101. The summed E-state index contributed by atoms with van der Waals surface area (Å²) >= 11 is 7.86. The van der Waals surface area contributed by atoms with Crippen LogP contribution in [0.3, 0.4) is 0 Å². The van der Waals surface area contributed by atoms with Gasteiger partial charge >= 0.3 is 0 Å². The second kappa shape index (κ2) is 4.19. The molecular formula is C9H6ClIO2. The lowest BCUT2D eigenvalue weighted by Crippen LogP contribution is -2.00. The van der Waals surface area contributed by atoms with Crippen LogP contribution in [0.25, 0.3) is 0 Å². The summed E-state index contributed by atoms with van der Waals surface area (Å²) in [5.41, 5.74) is 0.654. The van der Waals surface area contributed by atoms with Crippen LogP contribution in [0.1, 0.15) is 27.6 Å². The van der Waals surface area contributed by atoms with Crippen molar-refractivity contribution >= 4 is 46.3 Å². The summed E-state index contributed by atoms with van der Waals surface area (Å²) in [5, 5.41) is 0.335. The molecule has 0 atom stereocenters. The molecule has 0 bridgehead atoms. The van der Waals surface area contributed by atoms with Gasteiger partial charge in [-0.25, -0.2) is 0 Å². The second-order valence-corrected chi connectivity index (χ2v) is 4.18. The molecule has 0 unspecified atom stereocenters. The Hall–Kier alpha value is -0.420. The van der Waals surface area contributed by atoms with Gasteiger partial charge in [0, 0.05) is 14.7 Å². The van der Waals surface area contributed by atoms with E-state index in [1.165, 1.54) is 6.92 Å². The summed E-state index contributed by atoms with van der Waals surface area (Å²) in [4.78, 5) is 21.7. The van der Waals surface area contributed by atoms with E-state index < -0.39 is 0 Å². The number of benzene rings is 1.